The summed E-state index contributed by atoms with van der Waals surface area (Å²) >= 11 is 3.99. The van der Waals surface area contributed by atoms with Crippen LogP contribution in [0, 0.1) is 0 Å². The first-order valence-corrected chi connectivity index (χ1v) is 23.1. The molecule has 60 heavy (non-hydrogen) atoms. The standard InChI is InChI=1S/C54H39B2NOS2/c1-4-16-34(17-5-1)37-28-46-53-48(29-37)58-47-26-14-11-23-40(47)55(53)42-32-43-50(33-45(42)57(46)44-25-13-10-22-39(44)36-20-8-3-9-21-36)60-52-31-38(35-18-6-2-7-19-35)30-51-54(52)56(43)41-24-12-15-27-49(41)59-51/h1,3-5,8-17,20-33,35H,2,6-7,18-19H2. The molecule has 0 radical (unpaired) electrons. The maximum absolute atomic E-state index is 7.00. The first-order chi connectivity index (χ1) is 29.7. The van der Waals surface area contributed by atoms with Crippen LogP contribution in [0.1, 0.15) is 43.6 Å². The molecule has 284 valence electrons. The van der Waals surface area contributed by atoms with E-state index in [-0.39, 0.29) is 13.4 Å². The second kappa shape index (κ2) is 13.9. The van der Waals surface area contributed by atoms with Crippen LogP contribution in [0.3, 0.4) is 0 Å². The number of benzene rings is 8. The van der Waals surface area contributed by atoms with Crippen LogP contribution in [0.25, 0.3) is 22.3 Å². The fourth-order valence-corrected chi connectivity index (χ4v) is 13.4. The Hall–Kier alpha value is -5.81. The van der Waals surface area contributed by atoms with E-state index in [1.165, 1.54) is 118 Å². The van der Waals surface area contributed by atoms with Crippen molar-refractivity contribution in [2.45, 2.75) is 57.6 Å². The molecule has 8 aromatic rings. The molecule has 0 spiro atoms. The van der Waals surface area contributed by atoms with E-state index in [4.69, 9.17) is 4.74 Å². The zero-order valence-electron chi connectivity index (χ0n) is 33.1. The van der Waals surface area contributed by atoms with E-state index in [1.54, 1.807) is 0 Å². The molecule has 0 unspecified atom stereocenters. The van der Waals surface area contributed by atoms with Crippen molar-refractivity contribution in [2.24, 2.45) is 0 Å². The predicted molar refractivity (Wildman–Crippen MR) is 255 cm³/mol. The van der Waals surface area contributed by atoms with Gasteiger partial charge >= 0.3 is 0 Å². The van der Waals surface area contributed by atoms with E-state index in [1.807, 2.05) is 23.5 Å². The van der Waals surface area contributed by atoms with Gasteiger partial charge in [0.15, 0.2) is 0 Å². The van der Waals surface area contributed by atoms with Crippen LogP contribution in [-0.2, 0) is 0 Å². The van der Waals surface area contributed by atoms with Gasteiger partial charge < -0.3 is 9.64 Å². The summed E-state index contributed by atoms with van der Waals surface area (Å²) in [7, 11) is 0. The molecule has 0 N–H and O–H groups in total. The van der Waals surface area contributed by atoms with Gasteiger partial charge in [-0.3, -0.25) is 0 Å². The molecular weight excluding hydrogens is 764 g/mol. The largest absolute Gasteiger partial charge is 0.458 e. The summed E-state index contributed by atoms with van der Waals surface area (Å²) in [6, 6.07) is 63.6. The molecular formula is C54H39B2NOS2. The van der Waals surface area contributed by atoms with Gasteiger partial charge in [-0.05, 0) is 111 Å². The summed E-state index contributed by atoms with van der Waals surface area (Å²) < 4.78 is 7.00. The van der Waals surface area contributed by atoms with Gasteiger partial charge in [-0.15, -0.1) is 0 Å². The Labute approximate surface area is 361 Å². The lowest BCUT2D eigenvalue weighted by Gasteiger charge is -2.42. The number of anilines is 3. The highest BCUT2D eigenvalue weighted by atomic mass is 32.2. The third-order valence-corrected chi connectivity index (χ3v) is 15.9. The summed E-state index contributed by atoms with van der Waals surface area (Å²) in [5, 5.41) is 0. The molecule has 0 amide bonds. The number of fused-ring (bicyclic) bond motifs is 8. The minimum atomic E-state index is -0.00188. The summed E-state index contributed by atoms with van der Waals surface area (Å²) in [6.45, 7) is 0.161. The summed E-state index contributed by atoms with van der Waals surface area (Å²) in [4.78, 5) is 8.19. The maximum Gasteiger partial charge on any atom is 0.256 e. The molecule has 0 saturated heterocycles. The fraction of sp³-hybridized carbons (Fsp3) is 0.111. The number of nitrogens with zero attached hydrogens (tertiary/aromatic N) is 1. The highest BCUT2D eigenvalue weighted by Crippen LogP contribution is 2.48. The molecule has 4 aliphatic heterocycles. The minimum absolute atomic E-state index is 0.00188. The van der Waals surface area contributed by atoms with Crippen LogP contribution >= 0.6 is 23.5 Å². The molecule has 5 aliphatic rings. The van der Waals surface area contributed by atoms with Crippen molar-refractivity contribution in [1.82, 2.24) is 0 Å². The van der Waals surface area contributed by atoms with Gasteiger partial charge in [0.2, 0.25) is 6.71 Å². The lowest BCUT2D eigenvalue weighted by Crippen LogP contribution is -2.63. The van der Waals surface area contributed by atoms with E-state index in [9.17, 15) is 0 Å². The number of rotatable bonds is 4. The number of hydrogen-bond donors (Lipinski definition) is 0. The van der Waals surface area contributed by atoms with Gasteiger partial charge in [0.1, 0.15) is 11.5 Å². The molecule has 0 atom stereocenters. The summed E-state index contributed by atoms with van der Waals surface area (Å²) in [5.41, 5.74) is 17.9. The minimum Gasteiger partial charge on any atom is -0.458 e. The number of ether oxygens (including phenoxy) is 1. The second-order valence-electron chi connectivity index (χ2n) is 17.0. The van der Waals surface area contributed by atoms with E-state index in [0.29, 0.717) is 5.92 Å². The van der Waals surface area contributed by atoms with Crippen molar-refractivity contribution in [3.63, 3.8) is 0 Å². The Morgan fingerprint density at radius 3 is 1.92 bits per heavy atom. The molecule has 8 aromatic carbocycles. The monoisotopic (exact) mass is 803 g/mol. The Bertz CT molecular complexity index is 3040. The average molecular weight is 804 g/mol. The molecule has 6 heteroatoms. The first-order valence-electron chi connectivity index (χ1n) is 21.5. The lowest BCUT2D eigenvalue weighted by atomic mass is 9.31. The Kier molecular flexibility index (Phi) is 8.09. The zero-order chi connectivity index (χ0) is 39.3. The van der Waals surface area contributed by atoms with Crippen LogP contribution in [0.15, 0.2) is 189 Å². The third kappa shape index (κ3) is 5.40. The Morgan fingerprint density at radius 2 is 1.10 bits per heavy atom. The van der Waals surface area contributed by atoms with E-state index in [0.717, 1.165) is 22.7 Å². The van der Waals surface area contributed by atoms with Gasteiger partial charge in [-0.2, -0.15) is 0 Å². The highest BCUT2D eigenvalue weighted by molar-refractivity contribution is 8.01. The number of para-hydroxylation sites is 2. The topological polar surface area (TPSA) is 12.5 Å². The van der Waals surface area contributed by atoms with Crippen molar-refractivity contribution in [1.29, 1.82) is 0 Å². The quantitative estimate of drug-likeness (QED) is 0.164. The van der Waals surface area contributed by atoms with Crippen molar-refractivity contribution in [3.05, 3.63) is 175 Å². The van der Waals surface area contributed by atoms with E-state index in [2.05, 4.69) is 175 Å². The lowest BCUT2D eigenvalue weighted by molar-refractivity contribution is 0.443. The predicted octanol–water partition coefficient (Wildman–Crippen LogP) is 10.9. The molecule has 1 aliphatic carbocycles. The van der Waals surface area contributed by atoms with Crippen LogP contribution in [0.2, 0.25) is 0 Å². The van der Waals surface area contributed by atoms with Gasteiger partial charge in [-0.1, -0.05) is 175 Å². The Morgan fingerprint density at radius 1 is 0.433 bits per heavy atom. The van der Waals surface area contributed by atoms with Crippen LogP contribution < -0.4 is 42.4 Å². The van der Waals surface area contributed by atoms with E-state index >= 15 is 0 Å². The second-order valence-corrected chi connectivity index (χ2v) is 19.1. The normalized spacial score (nSPS) is 15.5. The average Bonchev–Trinajstić information content (AvgIpc) is 3.31. The fourth-order valence-electron chi connectivity index (χ4n) is 10.9. The summed E-state index contributed by atoms with van der Waals surface area (Å²) in [6.07, 6.45) is 6.63. The van der Waals surface area contributed by atoms with Crippen molar-refractivity contribution >= 4 is 86.8 Å². The highest BCUT2D eigenvalue weighted by Gasteiger charge is 2.46. The first kappa shape index (κ1) is 35.0. The zero-order valence-corrected chi connectivity index (χ0v) is 34.7. The van der Waals surface area contributed by atoms with Crippen molar-refractivity contribution < 1.29 is 4.74 Å². The van der Waals surface area contributed by atoms with Crippen LogP contribution in [0.5, 0.6) is 11.5 Å². The van der Waals surface area contributed by atoms with Crippen LogP contribution in [-0.4, -0.2) is 13.4 Å². The van der Waals surface area contributed by atoms with Gasteiger partial charge in [-0.25, -0.2) is 0 Å². The van der Waals surface area contributed by atoms with E-state index < -0.39 is 0 Å². The maximum atomic E-state index is 7.00. The molecule has 0 aromatic heterocycles. The smallest absolute Gasteiger partial charge is 0.256 e. The van der Waals surface area contributed by atoms with Gasteiger partial charge in [0, 0.05) is 36.5 Å². The molecule has 4 heterocycles. The van der Waals surface area contributed by atoms with Crippen LogP contribution in [0.4, 0.5) is 17.1 Å². The Balaban J connectivity index is 1.10. The van der Waals surface area contributed by atoms with Gasteiger partial charge in [0.05, 0.1) is 5.69 Å². The molecule has 1 fully saturated rings. The molecule has 13 rings (SSSR count). The van der Waals surface area contributed by atoms with Crippen molar-refractivity contribution in [3.8, 4) is 33.8 Å². The third-order valence-electron chi connectivity index (χ3n) is 13.6. The summed E-state index contributed by atoms with van der Waals surface area (Å²) in [5.74, 6) is 2.51. The SMILES string of the molecule is c1ccc(-c2cc3c4c(c2)N(c2ccccc2-c2ccccc2)c2cc5c(cc2B4c2ccccc2O3)B2c3ccccc3Sc3cc(C4CCCCC4)cc(c32)S5)cc1. The number of hydrogen-bond acceptors (Lipinski definition) is 4. The molecule has 0 bridgehead atoms. The molecule has 2 nitrogen and oxygen atoms in total. The van der Waals surface area contributed by atoms with Gasteiger partial charge in [0.25, 0.3) is 6.71 Å². The molecule has 1 saturated carbocycles. The van der Waals surface area contributed by atoms with Crippen molar-refractivity contribution in [2.75, 3.05) is 4.90 Å².